The summed E-state index contributed by atoms with van der Waals surface area (Å²) >= 11 is 2.49. The largest absolute Gasteiger partial charge is 0.267 e. The fraction of sp³-hybridized carbons (Fsp3) is 0.222. The summed E-state index contributed by atoms with van der Waals surface area (Å²) in [6.07, 6.45) is 1.68. The Labute approximate surface area is 116 Å². The van der Waals surface area contributed by atoms with Gasteiger partial charge in [0.1, 0.15) is 5.69 Å². The molecule has 0 aliphatic rings. The molecule has 10 heteroatoms. The number of aryl methyl sites for hydroxylation is 2. The van der Waals surface area contributed by atoms with Crippen molar-refractivity contribution in [3.05, 3.63) is 16.9 Å². The molecular formula is C9H9N5O2S3. The van der Waals surface area contributed by atoms with Crippen LogP contribution in [-0.2, 0) is 10.0 Å². The van der Waals surface area contributed by atoms with Crippen LogP contribution in [0.15, 0.2) is 10.5 Å². The van der Waals surface area contributed by atoms with Crippen LogP contribution in [-0.4, -0.2) is 28.0 Å². The van der Waals surface area contributed by atoms with Gasteiger partial charge in [-0.1, -0.05) is 11.3 Å². The second-order valence-electron chi connectivity index (χ2n) is 3.91. The molecular weight excluding hydrogens is 306 g/mol. The lowest BCUT2D eigenvalue weighted by Crippen LogP contribution is -2.12. The van der Waals surface area contributed by atoms with Crippen molar-refractivity contribution in [3.8, 4) is 10.6 Å². The highest BCUT2D eigenvalue weighted by atomic mass is 32.2. The number of imidazole rings is 1. The van der Waals surface area contributed by atoms with Crippen LogP contribution in [0.5, 0.6) is 0 Å². The van der Waals surface area contributed by atoms with Crippen molar-refractivity contribution in [2.45, 2.75) is 18.2 Å². The molecule has 0 bridgehead atoms. The van der Waals surface area contributed by atoms with Crippen molar-refractivity contribution in [2.24, 2.45) is 5.14 Å². The highest BCUT2D eigenvalue weighted by Gasteiger charge is 2.18. The molecule has 0 aliphatic carbocycles. The molecule has 0 spiro atoms. The third kappa shape index (κ3) is 2.16. The van der Waals surface area contributed by atoms with Gasteiger partial charge < -0.3 is 0 Å². The van der Waals surface area contributed by atoms with Gasteiger partial charge in [-0.25, -0.2) is 28.0 Å². The third-order valence-corrected chi connectivity index (χ3v) is 5.73. The number of hydrogen-bond acceptors (Lipinski definition) is 7. The van der Waals surface area contributed by atoms with Gasteiger partial charge in [0.05, 0.1) is 21.8 Å². The van der Waals surface area contributed by atoms with Crippen molar-refractivity contribution in [2.75, 3.05) is 0 Å². The van der Waals surface area contributed by atoms with Crippen molar-refractivity contribution in [3.63, 3.8) is 0 Å². The van der Waals surface area contributed by atoms with E-state index in [0.29, 0.717) is 4.96 Å². The molecule has 0 unspecified atom stereocenters. The summed E-state index contributed by atoms with van der Waals surface area (Å²) in [6, 6.07) is 0. The van der Waals surface area contributed by atoms with E-state index in [4.69, 9.17) is 5.14 Å². The minimum atomic E-state index is -3.78. The van der Waals surface area contributed by atoms with E-state index in [-0.39, 0.29) is 4.34 Å². The van der Waals surface area contributed by atoms with E-state index in [9.17, 15) is 8.42 Å². The molecule has 3 heterocycles. The predicted molar refractivity (Wildman–Crippen MR) is 72.8 cm³/mol. The lowest BCUT2D eigenvalue weighted by Gasteiger charge is -1.90. The molecule has 0 radical (unpaired) electrons. The third-order valence-electron chi connectivity index (χ3n) is 2.40. The molecule has 0 saturated heterocycles. The van der Waals surface area contributed by atoms with E-state index in [1.807, 2.05) is 13.8 Å². The standard InChI is InChI=1S/C9H9N5O2S3/c1-4-7(17-5(2)11-4)6-3-14-8(12-6)18-9(13-14)19(10,15)16/h3H,1-2H3,(H2,10,15,16). The highest BCUT2D eigenvalue weighted by Crippen LogP contribution is 2.30. The first-order chi connectivity index (χ1) is 8.84. The van der Waals surface area contributed by atoms with E-state index >= 15 is 0 Å². The zero-order valence-corrected chi connectivity index (χ0v) is 12.4. The fourth-order valence-electron chi connectivity index (χ4n) is 1.68. The summed E-state index contributed by atoms with van der Waals surface area (Å²) in [5.41, 5.74) is 1.64. The smallest absolute Gasteiger partial charge is 0.246 e. The van der Waals surface area contributed by atoms with Gasteiger partial charge in [0, 0.05) is 0 Å². The summed E-state index contributed by atoms with van der Waals surface area (Å²) in [5, 5.41) is 9.90. The number of hydrogen-bond donors (Lipinski definition) is 1. The van der Waals surface area contributed by atoms with Crippen LogP contribution in [0, 0.1) is 13.8 Å². The second-order valence-corrected chi connectivity index (χ2v) is 7.81. The number of nitrogens with zero attached hydrogens (tertiary/aromatic N) is 4. The van der Waals surface area contributed by atoms with E-state index in [0.717, 1.165) is 32.6 Å². The Morgan fingerprint density at radius 1 is 1.26 bits per heavy atom. The number of primary sulfonamides is 1. The van der Waals surface area contributed by atoms with Gasteiger partial charge >= 0.3 is 0 Å². The maximum absolute atomic E-state index is 11.2. The van der Waals surface area contributed by atoms with Crippen LogP contribution in [0.2, 0.25) is 0 Å². The first-order valence-electron chi connectivity index (χ1n) is 5.18. The maximum Gasteiger partial charge on any atom is 0.267 e. The zero-order valence-electron chi connectivity index (χ0n) is 9.98. The molecule has 3 aromatic heterocycles. The minimum absolute atomic E-state index is 0.140. The number of aromatic nitrogens is 4. The minimum Gasteiger partial charge on any atom is -0.246 e. The summed E-state index contributed by atoms with van der Waals surface area (Å²) in [4.78, 5) is 10.2. The summed E-state index contributed by atoms with van der Waals surface area (Å²) in [5.74, 6) is 0. The molecule has 100 valence electrons. The van der Waals surface area contributed by atoms with Crippen LogP contribution in [0.4, 0.5) is 0 Å². The first kappa shape index (κ1) is 12.7. The van der Waals surface area contributed by atoms with Gasteiger partial charge in [-0.15, -0.1) is 16.4 Å². The van der Waals surface area contributed by atoms with Crippen molar-refractivity contribution in [1.82, 2.24) is 19.6 Å². The molecule has 0 saturated carbocycles. The lowest BCUT2D eigenvalue weighted by atomic mass is 10.3. The quantitative estimate of drug-likeness (QED) is 0.764. The monoisotopic (exact) mass is 315 g/mol. The number of fused-ring (bicyclic) bond motifs is 1. The van der Waals surface area contributed by atoms with Gasteiger partial charge in [0.25, 0.3) is 10.0 Å². The van der Waals surface area contributed by atoms with Crippen LogP contribution in [0.25, 0.3) is 15.5 Å². The average Bonchev–Trinajstić information content (AvgIpc) is 2.88. The molecule has 0 amide bonds. The maximum atomic E-state index is 11.2. The normalized spacial score (nSPS) is 12.4. The van der Waals surface area contributed by atoms with E-state index in [2.05, 4.69) is 15.1 Å². The van der Waals surface area contributed by atoms with Crippen LogP contribution >= 0.6 is 22.7 Å². The second kappa shape index (κ2) is 4.07. The van der Waals surface area contributed by atoms with E-state index in [1.165, 1.54) is 4.52 Å². The number of sulfonamides is 1. The molecule has 0 aliphatic heterocycles. The molecule has 3 rings (SSSR count). The Hall–Kier alpha value is -1.36. The van der Waals surface area contributed by atoms with Crippen molar-refractivity contribution in [1.29, 1.82) is 0 Å². The van der Waals surface area contributed by atoms with Crippen molar-refractivity contribution < 1.29 is 8.42 Å². The highest BCUT2D eigenvalue weighted by molar-refractivity contribution is 7.91. The van der Waals surface area contributed by atoms with E-state index < -0.39 is 10.0 Å². The van der Waals surface area contributed by atoms with Gasteiger partial charge in [-0.2, -0.15) is 0 Å². The summed E-state index contributed by atoms with van der Waals surface area (Å²) in [6.45, 7) is 3.84. The Balaban J connectivity index is 2.14. The number of rotatable bonds is 2. The topological polar surface area (TPSA) is 103 Å². The van der Waals surface area contributed by atoms with Gasteiger partial charge in [0.15, 0.2) is 0 Å². The van der Waals surface area contributed by atoms with Crippen LogP contribution in [0.1, 0.15) is 10.7 Å². The molecule has 2 N–H and O–H groups in total. The fourth-order valence-corrected chi connectivity index (χ4v) is 4.06. The Morgan fingerprint density at radius 3 is 2.53 bits per heavy atom. The molecule has 0 fully saturated rings. The van der Waals surface area contributed by atoms with Crippen LogP contribution in [0.3, 0.4) is 0 Å². The van der Waals surface area contributed by atoms with Gasteiger partial charge in [-0.05, 0) is 13.8 Å². The Morgan fingerprint density at radius 2 is 2.00 bits per heavy atom. The average molecular weight is 315 g/mol. The molecule has 7 nitrogen and oxygen atoms in total. The summed E-state index contributed by atoms with van der Waals surface area (Å²) in [7, 11) is -3.78. The lowest BCUT2D eigenvalue weighted by molar-refractivity contribution is 0.595. The predicted octanol–water partition coefficient (Wildman–Crippen LogP) is 1.18. The summed E-state index contributed by atoms with van der Waals surface area (Å²) < 4.78 is 23.7. The van der Waals surface area contributed by atoms with E-state index in [1.54, 1.807) is 17.5 Å². The first-order valence-corrected chi connectivity index (χ1v) is 8.36. The Kier molecular flexibility index (Phi) is 2.71. The zero-order chi connectivity index (χ0) is 13.8. The van der Waals surface area contributed by atoms with Crippen molar-refractivity contribution >= 4 is 37.7 Å². The molecule has 0 aromatic carbocycles. The SMILES string of the molecule is Cc1nc(C)c(-c2cn3nc(S(N)(=O)=O)sc3n2)s1. The van der Waals surface area contributed by atoms with Gasteiger partial charge in [-0.3, -0.25) is 0 Å². The number of nitrogens with two attached hydrogens (primary N) is 1. The van der Waals surface area contributed by atoms with Crippen LogP contribution < -0.4 is 5.14 Å². The molecule has 0 atom stereocenters. The molecule has 19 heavy (non-hydrogen) atoms. The Bertz CT molecular complexity index is 842. The molecule has 3 aromatic rings. The number of thiazole rings is 1. The van der Waals surface area contributed by atoms with Gasteiger partial charge in [0.2, 0.25) is 9.30 Å².